The first-order valence-electron chi connectivity index (χ1n) is 9.80. The van der Waals surface area contributed by atoms with E-state index >= 15 is 0 Å². The molecule has 3 aliphatic carbocycles. The summed E-state index contributed by atoms with van der Waals surface area (Å²) in [7, 11) is 1.48. The van der Waals surface area contributed by atoms with E-state index in [0.29, 0.717) is 6.42 Å². The van der Waals surface area contributed by atoms with Crippen molar-refractivity contribution >= 4 is 5.97 Å². The molecule has 3 aliphatic rings. The monoisotopic (exact) mass is 350 g/mol. The Balaban J connectivity index is 2.00. The number of carbonyl (C=O) groups is 1. The number of esters is 1. The van der Waals surface area contributed by atoms with Gasteiger partial charge in [0.15, 0.2) is 0 Å². The molecular formula is C21H34O4. The number of carbonyl (C=O) groups excluding carboxylic acids is 1. The van der Waals surface area contributed by atoms with Crippen LogP contribution in [0.3, 0.4) is 0 Å². The molecule has 3 rings (SSSR count). The van der Waals surface area contributed by atoms with E-state index < -0.39 is 17.1 Å². The zero-order valence-electron chi connectivity index (χ0n) is 16.3. The van der Waals surface area contributed by atoms with Crippen LogP contribution in [0.2, 0.25) is 0 Å². The summed E-state index contributed by atoms with van der Waals surface area (Å²) < 4.78 is 5.16. The molecule has 0 heterocycles. The molecule has 142 valence electrons. The summed E-state index contributed by atoms with van der Waals surface area (Å²) in [6.45, 7) is 8.31. The number of aliphatic hydroxyl groups is 2. The maximum Gasteiger partial charge on any atom is 0.311 e. The van der Waals surface area contributed by atoms with Gasteiger partial charge in [-0.1, -0.05) is 33.3 Å². The molecule has 0 aromatic rings. The molecule has 0 spiro atoms. The molecule has 6 atom stereocenters. The predicted octanol–water partition coefficient (Wildman–Crippen LogP) is 3.46. The lowest BCUT2D eigenvalue weighted by atomic mass is 9.45. The maximum atomic E-state index is 12.6. The zero-order valence-corrected chi connectivity index (χ0v) is 16.3. The fourth-order valence-electron chi connectivity index (χ4n) is 6.32. The summed E-state index contributed by atoms with van der Waals surface area (Å²) >= 11 is 0. The highest BCUT2D eigenvalue weighted by molar-refractivity contribution is 5.77. The number of rotatable bonds is 2. The van der Waals surface area contributed by atoms with E-state index in [4.69, 9.17) is 4.74 Å². The van der Waals surface area contributed by atoms with Crippen LogP contribution in [-0.4, -0.2) is 35.0 Å². The van der Waals surface area contributed by atoms with Crippen LogP contribution in [0, 0.1) is 28.6 Å². The summed E-state index contributed by atoms with van der Waals surface area (Å²) in [4.78, 5) is 12.6. The van der Waals surface area contributed by atoms with Crippen molar-refractivity contribution in [1.82, 2.24) is 0 Å². The van der Waals surface area contributed by atoms with E-state index in [1.807, 2.05) is 13.8 Å². The summed E-state index contributed by atoms with van der Waals surface area (Å²) in [5, 5.41) is 22.0. The maximum absolute atomic E-state index is 12.6. The van der Waals surface area contributed by atoms with Gasteiger partial charge in [-0.15, -0.1) is 0 Å². The molecule has 0 unspecified atom stereocenters. The Bertz CT molecular complexity index is 582. The number of aliphatic hydroxyl groups excluding tert-OH is 1. The standard InChI is InChI=1S/C21H34O4/c1-13(2)21(24)12-9-15-14(17(21)22)7-8-16-19(15,3)10-6-11-20(16,4)18(23)25-5/h7,13,15-17,22,24H,6,8-12H2,1-5H3/t15-,16+,17+,19+,20+,21-/m0/s1. The Morgan fingerprint density at radius 3 is 2.56 bits per heavy atom. The molecular weight excluding hydrogens is 316 g/mol. The van der Waals surface area contributed by atoms with E-state index in [0.717, 1.165) is 37.7 Å². The second-order valence-corrected chi connectivity index (χ2v) is 9.40. The topological polar surface area (TPSA) is 66.8 Å². The molecule has 2 saturated carbocycles. The van der Waals surface area contributed by atoms with Crippen LogP contribution < -0.4 is 0 Å². The Kier molecular flexibility index (Phi) is 4.61. The Morgan fingerprint density at radius 2 is 1.96 bits per heavy atom. The smallest absolute Gasteiger partial charge is 0.311 e. The van der Waals surface area contributed by atoms with Gasteiger partial charge in [-0.25, -0.2) is 0 Å². The van der Waals surface area contributed by atoms with Gasteiger partial charge in [-0.05, 0) is 67.8 Å². The molecule has 0 radical (unpaired) electrons. The van der Waals surface area contributed by atoms with Crippen LogP contribution in [0.5, 0.6) is 0 Å². The van der Waals surface area contributed by atoms with E-state index in [1.165, 1.54) is 7.11 Å². The third-order valence-electron chi connectivity index (χ3n) is 8.04. The first kappa shape index (κ1) is 18.9. The number of ether oxygens (including phenoxy) is 1. The quantitative estimate of drug-likeness (QED) is 0.591. The van der Waals surface area contributed by atoms with Gasteiger partial charge in [0.05, 0.1) is 18.1 Å². The largest absolute Gasteiger partial charge is 0.469 e. The minimum Gasteiger partial charge on any atom is -0.469 e. The van der Waals surface area contributed by atoms with Crippen LogP contribution in [0.15, 0.2) is 11.6 Å². The van der Waals surface area contributed by atoms with Gasteiger partial charge in [0.2, 0.25) is 0 Å². The van der Waals surface area contributed by atoms with Gasteiger partial charge in [-0.3, -0.25) is 4.79 Å². The highest BCUT2D eigenvalue weighted by Gasteiger charge is 2.60. The van der Waals surface area contributed by atoms with Crippen LogP contribution in [-0.2, 0) is 9.53 Å². The number of allylic oxidation sites excluding steroid dienone is 1. The van der Waals surface area contributed by atoms with Crippen LogP contribution in [0.1, 0.15) is 66.2 Å². The van der Waals surface area contributed by atoms with Crippen LogP contribution in [0.25, 0.3) is 0 Å². The molecule has 0 bridgehead atoms. The van der Waals surface area contributed by atoms with Crippen LogP contribution in [0.4, 0.5) is 0 Å². The molecule has 2 fully saturated rings. The van der Waals surface area contributed by atoms with Gasteiger partial charge < -0.3 is 14.9 Å². The van der Waals surface area contributed by atoms with Crippen molar-refractivity contribution < 1.29 is 19.7 Å². The van der Waals surface area contributed by atoms with E-state index in [9.17, 15) is 15.0 Å². The molecule has 4 nitrogen and oxygen atoms in total. The molecule has 0 aromatic carbocycles. The van der Waals surface area contributed by atoms with Crippen molar-refractivity contribution in [2.24, 2.45) is 28.6 Å². The number of hydrogen-bond donors (Lipinski definition) is 2. The predicted molar refractivity (Wildman–Crippen MR) is 96.8 cm³/mol. The minimum atomic E-state index is -1.04. The van der Waals surface area contributed by atoms with Crippen molar-refractivity contribution in [2.75, 3.05) is 7.11 Å². The van der Waals surface area contributed by atoms with Gasteiger partial charge in [-0.2, -0.15) is 0 Å². The fourth-order valence-corrected chi connectivity index (χ4v) is 6.32. The highest BCUT2D eigenvalue weighted by Crippen LogP contribution is 2.63. The highest BCUT2D eigenvalue weighted by atomic mass is 16.5. The summed E-state index contributed by atoms with van der Waals surface area (Å²) in [6.07, 6.45) is 6.54. The average Bonchev–Trinajstić information content (AvgIpc) is 2.57. The number of hydrogen-bond acceptors (Lipinski definition) is 4. The summed E-state index contributed by atoms with van der Waals surface area (Å²) in [5.41, 5.74) is -0.507. The molecule has 25 heavy (non-hydrogen) atoms. The van der Waals surface area contributed by atoms with Gasteiger partial charge >= 0.3 is 5.97 Å². The molecule has 2 N–H and O–H groups in total. The molecule has 0 aromatic heterocycles. The number of methoxy groups -OCH3 is 1. The Morgan fingerprint density at radius 1 is 1.28 bits per heavy atom. The van der Waals surface area contributed by atoms with E-state index in [-0.39, 0.29) is 29.1 Å². The van der Waals surface area contributed by atoms with Gasteiger partial charge in [0, 0.05) is 0 Å². The van der Waals surface area contributed by atoms with E-state index in [1.54, 1.807) is 0 Å². The molecule has 0 amide bonds. The molecule has 4 heteroatoms. The lowest BCUT2D eigenvalue weighted by molar-refractivity contribution is -0.171. The Labute approximate surface area is 151 Å². The van der Waals surface area contributed by atoms with E-state index in [2.05, 4.69) is 19.9 Å². The van der Waals surface area contributed by atoms with Crippen molar-refractivity contribution in [3.05, 3.63) is 11.6 Å². The third kappa shape index (κ3) is 2.51. The second-order valence-electron chi connectivity index (χ2n) is 9.40. The second kappa shape index (κ2) is 6.09. The van der Waals surface area contributed by atoms with Crippen molar-refractivity contribution in [3.63, 3.8) is 0 Å². The first-order valence-corrected chi connectivity index (χ1v) is 9.80. The normalized spacial score (nSPS) is 46.9. The van der Waals surface area contributed by atoms with Crippen molar-refractivity contribution in [3.8, 4) is 0 Å². The van der Waals surface area contributed by atoms with Gasteiger partial charge in [0.1, 0.15) is 6.10 Å². The summed E-state index contributed by atoms with van der Waals surface area (Å²) in [6, 6.07) is 0. The van der Waals surface area contributed by atoms with Crippen LogP contribution >= 0.6 is 0 Å². The SMILES string of the molecule is COC(=O)[C@]1(C)CCC[C@@]2(C)[C@H]1CC=C1[C@@H](O)[C@@](O)(C(C)C)CC[C@@H]12. The third-order valence-corrected chi connectivity index (χ3v) is 8.04. The fraction of sp³-hybridized carbons (Fsp3) is 0.857. The molecule has 0 saturated heterocycles. The molecule has 0 aliphatic heterocycles. The average molecular weight is 350 g/mol. The lowest BCUT2D eigenvalue weighted by Gasteiger charge is -2.60. The minimum absolute atomic E-state index is 0.0153. The lowest BCUT2D eigenvalue weighted by Crippen LogP contribution is -2.59. The zero-order chi connectivity index (χ0) is 18.6. The first-order chi connectivity index (χ1) is 11.6. The summed E-state index contributed by atoms with van der Waals surface area (Å²) in [5.74, 6) is 0.383. The van der Waals surface area contributed by atoms with Crippen molar-refractivity contribution in [1.29, 1.82) is 0 Å². The Hall–Kier alpha value is -0.870. The van der Waals surface area contributed by atoms with Crippen molar-refractivity contribution in [2.45, 2.75) is 77.9 Å². The van der Waals surface area contributed by atoms with Gasteiger partial charge in [0.25, 0.3) is 0 Å². The number of fused-ring (bicyclic) bond motifs is 3.